The van der Waals surface area contributed by atoms with Crippen LogP contribution in [0.3, 0.4) is 0 Å². The van der Waals surface area contributed by atoms with Crippen LogP contribution >= 0.6 is 11.3 Å². The summed E-state index contributed by atoms with van der Waals surface area (Å²) in [4.78, 5) is 28.2. The average molecular weight is 332 g/mol. The lowest BCUT2D eigenvalue weighted by Crippen LogP contribution is -2.35. The van der Waals surface area contributed by atoms with Gasteiger partial charge in [-0.15, -0.1) is 11.3 Å². The molecule has 0 unspecified atom stereocenters. The lowest BCUT2D eigenvalue weighted by Gasteiger charge is -2.24. The molecule has 0 aliphatic carbocycles. The molecule has 1 atom stereocenters. The normalized spacial score (nSPS) is 17.5. The van der Waals surface area contributed by atoms with Gasteiger partial charge >= 0.3 is 0 Å². The molecule has 1 saturated heterocycles. The van der Waals surface area contributed by atoms with Crippen LogP contribution in [0.2, 0.25) is 0 Å². The number of rotatable bonds is 4. The zero-order valence-electron chi connectivity index (χ0n) is 13.2. The third-order valence-corrected chi connectivity index (χ3v) is 4.63. The number of hydrogen-bond acceptors (Lipinski definition) is 7. The van der Waals surface area contributed by atoms with Crippen LogP contribution in [-0.2, 0) is 4.79 Å². The number of amides is 1. The predicted octanol–water partition coefficient (Wildman–Crippen LogP) is 1.92. The molecule has 8 heteroatoms. The van der Waals surface area contributed by atoms with Gasteiger partial charge in [0.1, 0.15) is 11.6 Å². The highest BCUT2D eigenvalue weighted by Gasteiger charge is 2.30. The average Bonchev–Trinajstić information content (AvgIpc) is 3.15. The Morgan fingerprint density at radius 3 is 3.00 bits per heavy atom. The zero-order chi connectivity index (χ0) is 16.4. The first-order valence-corrected chi connectivity index (χ1v) is 8.43. The summed E-state index contributed by atoms with van der Waals surface area (Å²) in [5.41, 5.74) is 6.37. The molecule has 1 fully saturated rings. The minimum atomic E-state index is -0.0335. The second-order valence-electron chi connectivity index (χ2n) is 5.58. The first-order chi connectivity index (χ1) is 11.1. The smallest absolute Gasteiger partial charge is 0.236 e. The third kappa shape index (κ3) is 3.48. The van der Waals surface area contributed by atoms with Crippen LogP contribution in [0.15, 0.2) is 12.3 Å². The Balaban J connectivity index is 1.86. The van der Waals surface area contributed by atoms with Gasteiger partial charge in [0.2, 0.25) is 5.91 Å². The molecule has 7 nitrogen and oxygen atoms in total. The van der Waals surface area contributed by atoms with E-state index in [1.54, 1.807) is 11.3 Å². The highest BCUT2D eigenvalue weighted by atomic mass is 32.1. The third-order valence-electron chi connectivity index (χ3n) is 3.80. The van der Waals surface area contributed by atoms with Crippen molar-refractivity contribution in [3.63, 3.8) is 0 Å². The molecular formula is C15H20N6OS. The van der Waals surface area contributed by atoms with Crippen molar-refractivity contribution in [1.29, 1.82) is 0 Å². The Labute approximate surface area is 139 Å². The van der Waals surface area contributed by atoms with E-state index in [0.29, 0.717) is 11.6 Å². The molecule has 1 amide bonds. The molecule has 2 aromatic heterocycles. The standard InChI is InChI=1S/C15H20N6OS/c1-9-8-17-15(23-9)20-13-6-11(18-10(2)19-13)12-4-3-5-21(12)14(22)7-16/h6,8,12H,3-5,7,16H2,1-2H3,(H,17,18,19,20)/t12-/m1/s1. The van der Waals surface area contributed by atoms with E-state index in [2.05, 4.69) is 20.3 Å². The number of thiazole rings is 1. The maximum atomic E-state index is 12.0. The van der Waals surface area contributed by atoms with Crippen LogP contribution in [-0.4, -0.2) is 38.8 Å². The van der Waals surface area contributed by atoms with Crippen molar-refractivity contribution >= 4 is 28.2 Å². The minimum absolute atomic E-state index is 0.0219. The molecule has 1 aliphatic heterocycles. The van der Waals surface area contributed by atoms with Gasteiger partial charge in [-0.1, -0.05) is 0 Å². The van der Waals surface area contributed by atoms with Gasteiger partial charge in [0.05, 0.1) is 18.3 Å². The van der Waals surface area contributed by atoms with Crippen molar-refractivity contribution in [2.75, 3.05) is 18.4 Å². The largest absolute Gasteiger partial charge is 0.333 e. The molecule has 2 aromatic rings. The van der Waals surface area contributed by atoms with Gasteiger partial charge in [-0.2, -0.15) is 0 Å². The van der Waals surface area contributed by atoms with E-state index in [-0.39, 0.29) is 18.5 Å². The van der Waals surface area contributed by atoms with Crippen LogP contribution in [0.5, 0.6) is 0 Å². The van der Waals surface area contributed by atoms with Gasteiger partial charge in [0, 0.05) is 23.7 Å². The Hall–Kier alpha value is -2.06. The molecular weight excluding hydrogens is 312 g/mol. The molecule has 0 bridgehead atoms. The zero-order valence-corrected chi connectivity index (χ0v) is 14.1. The summed E-state index contributed by atoms with van der Waals surface area (Å²) in [6.45, 7) is 4.63. The quantitative estimate of drug-likeness (QED) is 0.888. The number of anilines is 2. The maximum absolute atomic E-state index is 12.0. The minimum Gasteiger partial charge on any atom is -0.333 e. The fraction of sp³-hybridized carbons (Fsp3) is 0.467. The Morgan fingerprint density at radius 1 is 1.48 bits per heavy atom. The maximum Gasteiger partial charge on any atom is 0.236 e. The molecule has 0 radical (unpaired) electrons. The second kappa shape index (κ2) is 6.59. The van der Waals surface area contributed by atoms with Gasteiger partial charge in [-0.3, -0.25) is 4.79 Å². The molecule has 0 spiro atoms. The highest BCUT2D eigenvalue weighted by Crippen LogP contribution is 2.32. The van der Waals surface area contributed by atoms with Gasteiger partial charge in [-0.25, -0.2) is 15.0 Å². The first-order valence-electron chi connectivity index (χ1n) is 7.61. The van der Waals surface area contributed by atoms with Crippen LogP contribution in [0.4, 0.5) is 10.9 Å². The lowest BCUT2D eigenvalue weighted by atomic mass is 10.1. The SMILES string of the molecule is Cc1nc(Nc2ncc(C)s2)cc([C@H]2CCCN2C(=O)CN)n1. The summed E-state index contributed by atoms with van der Waals surface area (Å²) < 4.78 is 0. The molecule has 1 aliphatic rings. The van der Waals surface area contributed by atoms with Gasteiger partial charge in [-0.05, 0) is 26.7 Å². The number of hydrogen-bond donors (Lipinski definition) is 2. The molecule has 3 heterocycles. The Kier molecular flexibility index (Phi) is 4.53. The van der Waals surface area contributed by atoms with Crippen LogP contribution in [0, 0.1) is 13.8 Å². The summed E-state index contributed by atoms with van der Waals surface area (Å²) in [6.07, 6.45) is 3.69. The van der Waals surface area contributed by atoms with Gasteiger partial charge in [0.25, 0.3) is 0 Å². The molecule has 0 saturated carbocycles. The first kappa shape index (κ1) is 15.8. The summed E-state index contributed by atoms with van der Waals surface area (Å²) in [7, 11) is 0. The Morgan fingerprint density at radius 2 is 2.30 bits per heavy atom. The summed E-state index contributed by atoms with van der Waals surface area (Å²) in [6, 6.07) is 1.88. The van der Waals surface area contributed by atoms with Crippen molar-refractivity contribution in [1.82, 2.24) is 19.9 Å². The van der Waals surface area contributed by atoms with E-state index in [1.807, 2.05) is 31.0 Å². The fourth-order valence-electron chi connectivity index (χ4n) is 2.84. The Bertz CT molecular complexity index is 716. The van der Waals surface area contributed by atoms with Crippen LogP contribution in [0.25, 0.3) is 0 Å². The molecule has 0 aromatic carbocycles. The summed E-state index contributed by atoms with van der Waals surface area (Å²) in [5.74, 6) is 1.34. The van der Waals surface area contributed by atoms with E-state index in [1.165, 1.54) is 0 Å². The highest BCUT2D eigenvalue weighted by molar-refractivity contribution is 7.15. The fourth-order valence-corrected chi connectivity index (χ4v) is 3.51. The van der Waals surface area contributed by atoms with E-state index in [0.717, 1.165) is 35.1 Å². The summed E-state index contributed by atoms with van der Waals surface area (Å²) in [5, 5.41) is 4.01. The number of aromatic nitrogens is 3. The molecule has 23 heavy (non-hydrogen) atoms. The van der Waals surface area contributed by atoms with Gasteiger partial charge < -0.3 is 16.0 Å². The predicted molar refractivity (Wildman–Crippen MR) is 89.6 cm³/mol. The molecule has 122 valence electrons. The topological polar surface area (TPSA) is 97.0 Å². The van der Waals surface area contributed by atoms with E-state index in [9.17, 15) is 4.79 Å². The summed E-state index contributed by atoms with van der Waals surface area (Å²) >= 11 is 1.57. The number of nitrogens with zero attached hydrogens (tertiary/aromatic N) is 4. The number of carbonyl (C=O) groups excluding carboxylic acids is 1. The lowest BCUT2D eigenvalue weighted by molar-refractivity contribution is -0.130. The number of likely N-dealkylation sites (tertiary alicyclic amines) is 1. The molecule has 3 N–H and O–H groups in total. The van der Waals surface area contributed by atoms with Crippen LogP contribution in [0.1, 0.15) is 35.3 Å². The monoisotopic (exact) mass is 332 g/mol. The molecule has 3 rings (SSSR count). The number of aryl methyl sites for hydroxylation is 2. The second-order valence-corrected chi connectivity index (χ2v) is 6.81. The van der Waals surface area contributed by atoms with E-state index in [4.69, 9.17) is 5.73 Å². The van der Waals surface area contributed by atoms with Crippen molar-refractivity contribution in [2.45, 2.75) is 32.7 Å². The van der Waals surface area contributed by atoms with Crippen molar-refractivity contribution in [3.8, 4) is 0 Å². The van der Waals surface area contributed by atoms with Crippen LogP contribution < -0.4 is 11.1 Å². The number of nitrogens with one attached hydrogen (secondary N) is 1. The van der Waals surface area contributed by atoms with Gasteiger partial charge in [0.15, 0.2) is 5.13 Å². The van der Waals surface area contributed by atoms with Crippen molar-refractivity contribution < 1.29 is 4.79 Å². The number of carbonyl (C=O) groups is 1. The van der Waals surface area contributed by atoms with E-state index >= 15 is 0 Å². The number of nitrogens with two attached hydrogens (primary N) is 1. The van der Waals surface area contributed by atoms with Crippen molar-refractivity contribution in [3.05, 3.63) is 28.7 Å². The van der Waals surface area contributed by atoms with Crippen molar-refractivity contribution in [2.24, 2.45) is 5.73 Å². The van der Waals surface area contributed by atoms with E-state index < -0.39 is 0 Å².